The molecule has 2 atom stereocenters. The summed E-state index contributed by atoms with van der Waals surface area (Å²) in [5.41, 5.74) is 3.07. The van der Waals surface area contributed by atoms with Crippen LogP contribution in [0.4, 0.5) is 0 Å². The summed E-state index contributed by atoms with van der Waals surface area (Å²) in [6.07, 6.45) is 5.33. The molecule has 170 valence electrons. The molecule has 2 aromatic carbocycles. The van der Waals surface area contributed by atoms with Crippen molar-refractivity contribution in [1.82, 2.24) is 25.2 Å². The minimum absolute atomic E-state index is 0.0413. The number of likely N-dealkylation sites (tertiary alicyclic amines) is 2. The molecule has 1 N–H and O–H groups in total. The number of nitrogens with one attached hydrogen (secondary N) is 1. The average Bonchev–Trinajstić information content (AvgIpc) is 3.44. The molecule has 0 bridgehead atoms. The number of H-pyrrole nitrogens is 1. The van der Waals surface area contributed by atoms with Crippen LogP contribution in [0.15, 0.2) is 48.5 Å². The Morgan fingerprint density at radius 1 is 0.970 bits per heavy atom. The van der Waals surface area contributed by atoms with Gasteiger partial charge in [-0.25, -0.2) is 0 Å². The van der Waals surface area contributed by atoms with Gasteiger partial charge in [-0.1, -0.05) is 12.1 Å². The molecule has 2 aliphatic heterocycles. The minimum atomic E-state index is 0.0413. The van der Waals surface area contributed by atoms with Crippen LogP contribution in [0.25, 0.3) is 17.1 Å². The zero-order valence-corrected chi connectivity index (χ0v) is 18.6. The number of hydrogen-bond donors (Lipinski definition) is 1. The molecule has 8 nitrogen and oxygen atoms in total. The standard InChI is InChI=1S/C25H27N5O3/c1-33-21-6-2-17(3-7-21)4-9-24(31)29-12-10-19-15-30(16-20(19)11-13-29)25(32)18-5-8-22-23(14-18)27-28-26-22/h2-9,14,19-20H,10-13,15-16H2,1H3,(H,26,27,28)/b9-4+/t19-,20+. The fraction of sp³-hybridized carbons (Fsp3) is 0.360. The lowest BCUT2D eigenvalue weighted by Crippen LogP contribution is -2.33. The van der Waals surface area contributed by atoms with Crippen LogP contribution in [-0.2, 0) is 4.79 Å². The fourth-order valence-corrected chi connectivity index (χ4v) is 4.88. The van der Waals surface area contributed by atoms with E-state index in [9.17, 15) is 9.59 Å². The number of methoxy groups -OCH3 is 1. The lowest BCUT2D eigenvalue weighted by atomic mass is 9.92. The van der Waals surface area contributed by atoms with E-state index < -0.39 is 0 Å². The molecule has 2 amide bonds. The van der Waals surface area contributed by atoms with Gasteiger partial charge in [-0.3, -0.25) is 9.59 Å². The Hall–Kier alpha value is -3.68. The van der Waals surface area contributed by atoms with E-state index >= 15 is 0 Å². The van der Waals surface area contributed by atoms with Crippen LogP contribution in [-0.4, -0.2) is 70.3 Å². The van der Waals surface area contributed by atoms with Crippen LogP contribution < -0.4 is 4.74 Å². The van der Waals surface area contributed by atoms with Crippen molar-refractivity contribution < 1.29 is 14.3 Å². The SMILES string of the molecule is COc1ccc(/C=C/C(=O)N2CC[C@@H]3CN(C(=O)c4ccc5n[nH]nc5c4)C[C@@H]3CC2)cc1. The first kappa shape index (κ1) is 21.2. The Morgan fingerprint density at radius 2 is 1.67 bits per heavy atom. The number of rotatable bonds is 4. The summed E-state index contributed by atoms with van der Waals surface area (Å²) < 4.78 is 5.17. The maximum atomic E-state index is 13.1. The topological polar surface area (TPSA) is 91.4 Å². The van der Waals surface area contributed by atoms with E-state index in [0.717, 1.165) is 55.9 Å². The molecule has 0 saturated carbocycles. The third kappa shape index (κ3) is 4.46. The van der Waals surface area contributed by atoms with Gasteiger partial charge in [0.05, 0.1) is 7.11 Å². The van der Waals surface area contributed by atoms with Gasteiger partial charge in [0.1, 0.15) is 16.8 Å². The van der Waals surface area contributed by atoms with Gasteiger partial charge in [0.25, 0.3) is 5.91 Å². The van der Waals surface area contributed by atoms with Crippen LogP contribution in [0, 0.1) is 11.8 Å². The second kappa shape index (κ2) is 9.05. The van der Waals surface area contributed by atoms with Crippen molar-refractivity contribution >= 4 is 28.9 Å². The third-order valence-corrected chi connectivity index (χ3v) is 6.81. The van der Waals surface area contributed by atoms with Gasteiger partial charge in [-0.2, -0.15) is 15.4 Å². The van der Waals surface area contributed by atoms with E-state index in [-0.39, 0.29) is 11.8 Å². The number of fused-ring (bicyclic) bond motifs is 2. The van der Waals surface area contributed by atoms with E-state index in [1.807, 2.05) is 52.3 Å². The molecule has 33 heavy (non-hydrogen) atoms. The van der Waals surface area contributed by atoms with Crippen LogP contribution in [0.3, 0.4) is 0 Å². The molecule has 2 saturated heterocycles. The Balaban J connectivity index is 1.17. The summed E-state index contributed by atoms with van der Waals surface area (Å²) in [7, 11) is 1.63. The Labute approximate surface area is 192 Å². The van der Waals surface area contributed by atoms with E-state index in [4.69, 9.17) is 4.74 Å². The van der Waals surface area contributed by atoms with Crippen molar-refractivity contribution in [3.63, 3.8) is 0 Å². The Morgan fingerprint density at radius 3 is 2.36 bits per heavy atom. The first-order valence-electron chi connectivity index (χ1n) is 11.3. The zero-order chi connectivity index (χ0) is 22.8. The van der Waals surface area contributed by atoms with Gasteiger partial charge in [0.15, 0.2) is 0 Å². The maximum absolute atomic E-state index is 13.1. The third-order valence-electron chi connectivity index (χ3n) is 6.81. The van der Waals surface area contributed by atoms with Crippen molar-refractivity contribution in [3.05, 3.63) is 59.7 Å². The lowest BCUT2D eigenvalue weighted by molar-refractivity contribution is -0.126. The van der Waals surface area contributed by atoms with Gasteiger partial charge in [-0.15, -0.1) is 0 Å². The number of aromatic nitrogens is 3. The van der Waals surface area contributed by atoms with Crippen LogP contribution in [0.5, 0.6) is 5.75 Å². The lowest BCUT2D eigenvalue weighted by Gasteiger charge is -2.21. The number of benzene rings is 2. The molecule has 5 rings (SSSR count). The van der Waals surface area contributed by atoms with Gasteiger partial charge in [-0.05, 0) is 66.6 Å². The molecule has 3 aromatic rings. The highest BCUT2D eigenvalue weighted by Gasteiger charge is 2.37. The van der Waals surface area contributed by atoms with Crippen molar-refractivity contribution in [3.8, 4) is 5.75 Å². The number of ether oxygens (including phenoxy) is 1. The van der Waals surface area contributed by atoms with Gasteiger partial charge in [0.2, 0.25) is 5.91 Å². The number of aromatic amines is 1. The molecule has 0 aliphatic carbocycles. The number of carbonyl (C=O) groups is 2. The average molecular weight is 446 g/mol. The molecule has 0 radical (unpaired) electrons. The summed E-state index contributed by atoms with van der Waals surface area (Å²) in [4.78, 5) is 29.7. The summed E-state index contributed by atoms with van der Waals surface area (Å²) in [6, 6.07) is 13.1. The molecule has 2 aliphatic rings. The number of carbonyl (C=O) groups excluding carboxylic acids is 2. The molecular weight excluding hydrogens is 418 g/mol. The Bertz CT molecular complexity index is 1170. The second-order valence-electron chi connectivity index (χ2n) is 8.77. The molecule has 3 heterocycles. The predicted molar refractivity (Wildman–Crippen MR) is 125 cm³/mol. The van der Waals surface area contributed by atoms with Crippen LogP contribution >= 0.6 is 0 Å². The van der Waals surface area contributed by atoms with Gasteiger partial charge < -0.3 is 14.5 Å². The molecule has 2 fully saturated rings. The fourth-order valence-electron chi connectivity index (χ4n) is 4.88. The normalized spacial score (nSPS) is 20.8. The zero-order valence-electron chi connectivity index (χ0n) is 18.6. The molecule has 1 aromatic heterocycles. The van der Waals surface area contributed by atoms with Crippen LogP contribution in [0.2, 0.25) is 0 Å². The number of amides is 2. The molecule has 0 spiro atoms. The number of hydrogen-bond acceptors (Lipinski definition) is 5. The van der Waals surface area contributed by atoms with E-state index in [0.29, 0.717) is 22.9 Å². The predicted octanol–water partition coefficient (Wildman–Crippen LogP) is 2.99. The highest BCUT2D eigenvalue weighted by Crippen LogP contribution is 2.33. The summed E-state index contributed by atoms with van der Waals surface area (Å²) in [5.74, 6) is 1.73. The Kier molecular flexibility index (Phi) is 5.81. The van der Waals surface area contributed by atoms with E-state index in [1.165, 1.54) is 0 Å². The minimum Gasteiger partial charge on any atom is -0.497 e. The maximum Gasteiger partial charge on any atom is 0.253 e. The van der Waals surface area contributed by atoms with Crippen molar-refractivity contribution in [2.24, 2.45) is 11.8 Å². The molecular formula is C25H27N5O3. The second-order valence-corrected chi connectivity index (χ2v) is 8.77. The molecule has 8 heteroatoms. The number of nitrogens with zero attached hydrogens (tertiary/aromatic N) is 4. The summed E-state index contributed by atoms with van der Waals surface area (Å²) in [5, 5.41) is 10.7. The molecule has 0 unspecified atom stereocenters. The summed E-state index contributed by atoms with van der Waals surface area (Å²) >= 11 is 0. The summed E-state index contributed by atoms with van der Waals surface area (Å²) in [6.45, 7) is 2.92. The highest BCUT2D eigenvalue weighted by atomic mass is 16.5. The smallest absolute Gasteiger partial charge is 0.253 e. The van der Waals surface area contributed by atoms with E-state index in [1.54, 1.807) is 19.3 Å². The highest BCUT2D eigenvalue weighted by molar-refractivity contribution is 5.97. The van der Waals surface area contributed by atoms with E-state index in [2.05, 4.69) is 15.4 Å². The quantitative estimate of drug-likeness (QED) is 0.624. The van der Waals surface area contributed by atoms with Crippen molar-refractivity contribution in [2.45, 2.75) is 12.8 Å². The largest absolute Gasteiger partial charge is 0.497 e. The first-order chi connectivity index (χ1) is 16.1. The van der Waals surface area contributed by atoms with Crippen LogP contribution in [0.1, 0.15) is 28.8 Å². The monoisotopic (exact) mass is 445 g/mol. The first-order valence-corrected chi connectivity index (χ1v) is 11.3. The van der Waals surface area contributed by atoms with Crippen molar-refractivity contribution in [1.29, 1.82) is 0 Å². The van der Waals surface area contributed by atoms with Crippen molar-refractivity contribution in [2.75, 3.05) is 33.3 Å². The van der Waals surface area contributed by atoms with Gasteiger partial charge in [0, 0.05) is 37.8 Å². The van der Waals surface area contributed by atoms with Gasteiger partial charge >= 0.3 is 0 Å².